The predicted molar refractivity (Wildman–Crippen MR) is 60.7 cm³/mol. The van der Waals surface area contributed by atoms with Crippen LogP contribution in [0.4, 0.5) is 0 Å². The molecule has 0 fully saturated rings. The minimum absolute atomic E-state index is 0.153. The summed E-state index contributed by atoms with van der Waals surface area (Å²) in [6.07, 6.45) is 0.844. The lowest BCUT2D eigenvalue weighted by atomic mass is 10.2. The Morgan fingerprint density at radius 3 is 2.44 bits per heavy atom. The number of hydrogen-bond acceptors (Lipinski definition) is 5. The van der Waals surface area contributed by atoms with Crippen molar-refractivity contribution in [1.82, 2.24) is 10.1 Å². The van der Waals surface area contributed by atoms with Crippen LogP contribution in [-0.2, 0) is 9.84 Å². The van der Waals surface area contributed by atoms with Crippen LogP contribution in [0.1, 0.15) is 44.2 Å². The summed E-state index contributed by atoms with van der Waals surface area (Å²) in [7, 11) is -3.20. The van der Waals surface area contributed by atoms with E-state index in [1.54, 1.807) is 13.8 Å². The van der Waals surface area contributed by atoms with Crippen molar-refractivity contribution >= 4 is 9.84 Å². The smallest absolute Gasteiger partial charge is 0.223 e. The van der Waals surface area contributed by atoms with E-state index >= 15 is 0 Å². The van der Waals surface area contributed by atoms with E-state index in [9.17, 15) is 8.42 Å². The monoisotopic (exact) mass is 246 g/mol. The summed E-state index contributed by atoms with van der Waals surface area (Å²) < 4.78 is 28.8. The Balaban J connectivity index is 2.84. The van der Waals surface area contributed by atoms with Crippen LogP contribution in [0.15, 0.2) is 4.52 Å². The molecule has 0 aromatic carbocycles. The summed E-state index contributed by atoms with van der Waals surface area (Å²) in [4.78, 5) is 3.95. The number of aromatic nitrogens is 2. The Hall–Kier alpha value is -0.910. The Kier molecular flexibility index (Phi) is 4.07. The van der Waals surface area contributed by atoms with E-state index in [1.165, 1.54) is 0 Å². The summed E-state index contributed by atoms with van der Waals surface area (Å²) >= 11 is 0. The molecule has 0 aliphatic rings. The van der Waals surface area contributed by atoms with Gasteiger partial charge in [0, 0.05) is 6.92 Å². The molecule has 0 amide bonds. The van der Waals surface area contributed by atoms with Crippen molar-refractivity contribution < 1.29 is 12.9 Å². The highest BCUT2D eigenvalue weighted by atomic mass is 32.2. The van der Waals surface area contributed by atoms with Gasteiger partial charge in [-0.05, 0) is 12.8 Å². The minimum Gasteiger partial charge on any atom is -0.340 e. The summed E-state index contributed by atoms with van der Waals surface area (Å²) in [5.41, 5.74) is 0. The van der Waals surface area contributed by atoms with Gasteiger partial charge >= 0.3 is 0 Å². The summed E-state index contributed by atoms with van der Waals surface area (Å²) in [6, 6.07) is 0. The molecule has 1 heterocycles. The Morgan fingerprint density at radius 2 is 2.00 bits per heavy atom. The Morgan fingerprint density at radius 1 is 1.38 bits per heavy atom. The second kappa shape index (κ2) is 4.95. The molecule has 92 valence electrons. The zero-order valence-electron chi connectivity index (χ0n) is 10.1. The second-order valence-electron chi connectivity index (χ2n) is 4.16. The van der Waals surface area contributed by atoms with Gasteiger partial charge in [0.2, 0.25) is 5.89 Å². The maximum Gasteiger partial charge on any atom is 0.223 e. The van der Waals surface area contributed by atoms with Gasteiger partial charge in [-0.2, -0.15) is 4.98 Å². The zero-order valence-corrected chi connectivity index (χ0v) is 10.9. The van der Waals surface area contributed by atoms with E-state index in [0.29, 0.717) is 5.89 Å². The molecule has 0 N–H and O–H groups in total. The molecule has 1 rings (SSSR count). The van der Waals surface area contributed by atoms with E-state index in [2.05, 4.69) is 10.1 Å². The second-order valence-corrected chi connectivity index (χ2v) is 6.52. The van der Waals surface area contributed by atoms with Crippen LogP contribution in [0.2, 0.25) is 0 Å². The maximum absolute atomic E-state index is 12.0. The molecule has 1 aromatic rings. The van der Waals surface area contributed by atoms with Crippen molar-refractivity contribution in [3.05, 3.63) is 11.7 Å². The molecule has 0 radical (unpaired) electrons. The van der Waals surface area contributed by atoms with Gasteiger partial charge < -0.3 is 4.52 Å². The van der Waals surface area contributed by atoms with Crippen LogP contribution < -0.4 is 0 Å². The van der Waals surface area contributed by atoms with Crippen LogP contribution in [0.25, 0.3) is 0 Å². The van der Waals surface area contributed by atoms with Crippen molar-refractivity contribution in [2.45, 2.75) is 39.4 Å². The average Bonchev–Trinajstić information content (AvgIpc) is 2.62. The van der Waals surface area contributed by atoms with Gasteiger partial charge in [-0.15, -0.1) is 0 Å². The Bertz CT molecular complexity index is 439. The van der Waals surface area contributed by atoms with Gasteiger partial charge in [0.25, 0.3) is 0 Å². The van der Waals surface area contributed by atoms with Crippen molar-refractivity contribution in [3.8, 4) is 0 Å². The van der Waals surface area contributed by atoms with E-state index in [1.807, 2.05) is 13.8 Å². The highest BCUT2D eigenvalue weighted by Gasteiger charge is 2.28. The third-order valence-corrected chi connectivity index (χ3v) is 4.98. The first-order valence-electron chi connectivity index (χ1n) is 5.38. The largest absolute Gasteiger partial charge is 0.340 e. The minimum atomic E-state index is -3.20. The van der Waals surface area contributed by atoms with Crippen LogP contribution in [0.3, 0.4) is 0 Å². The van der Waals surface area contributed by atoms with Gasteiger partial charge in [-0.1, -0.05) is 25.4 Å². The van der Waals surface area contributed by atoms with Crippen molar-refractivity contribution in [1.29, 1.82) is 0 Å². The maximum atomic E-state index is 12.0. The van der Waals surface area contributed by atoms with Gasteiger partial charge in [0.15, 0.2) is 15.7 Å². The molecule has 1 aromatic heterocycles. The van der Waals surface area contributed by atoms with Gasteiger partial charge in [-0.3, -0.25) is 0 Å². The molecule has 6 heteroatoms. The number of rotatable bonds is 5. The molecule has 0 saturated carbocycles. The van der Waals surface area contributed by atoms with E-state index < -0.39 is 15.1 Å². The van der Waals surface area contributed by atoms with Crippen LogP contribution in [0.5, 0.6) is 0 Å². The van der Waals surface area contributed by atoms with Gasteiger partial charge in [-0.25, -0.2) is 8.42 Å². The molecular formula is C10H18N2O3S. The zero-order chi connectivity index (χ0) is 12.3. The number of sulfone groups is 1. The number of hydrogen-bond donors (Lipinski definition) is 0. The average molecular weight is 246 g/mol. The summed E-state index contributed by atoms with van der Waals surface area (Å²) in [5, 5.41) is 2.95. The molecule has 16 heavy (non-hydrogen) atoms. The van der Waals surface area contributed by atoms with Crippen molar-refractivity contribution in [3.63, 3.8) is 0 Å². The first kappa shape index (κ1) is 13.2. The lowest BCUT2D eigenvalue weighted by Gasteiger charge is -2.12. The van der Waals surface area contributed by atoms with E-state index in [-0.39, 0.29) is 17.5 Å². The van der Waals surface area contributed by atoms with Crippen LogP contribution in [0, 0.1) is 12.8 Å². The first-order chi connectivity index (χ1) is 7.36. The molecule has 2 atom stereocenters. The molecule has 0 bridgehead atoms. The fraction of sp³-hybridized carbons (Fsp3) is 0.800. The highest BCUT2D eigenvalue weighted by molar-refractivity contribution is 7.91. The molecular weight excluding hydrogens is 228 g/mol. The summed E-state index contributed by atoms with van der Waals surface area (Å²) in [5.74, 6) is 0.958. The topological polar surface area (TPSA) is 73.1 Å². The molecule has 2 unspecified atom stereocenters. The molecule has 5 nitrogen and oxygen atoms in total. The van der Waals surface area contributed by atoms with E-state index in [4.69, 9.17) is 4.52 Å². The third kappa shape index (κ3) is 3.04. The standard InChI is InChI=1S/C10H18N2O3S/c1-5-7(2)6-16(13,14)8(3)10-11-9(4)15-12-10/h7-8H,5-6H2,1-4H3. The molecule has 0 spiro atoms. The fourth-order valence-corrected chi connectivity index (χ4v) is 3.03. The van der Waals surface area contributed by atoms with Crippen molar-refractivity contribution in [2.75, 3.05) is 5.75 Å². The van der Waals surface area contributed by atoms with Gasteiger partial charge in [0.1, 0.15) is 5.25 Å². The lowest BCUT2D eigenvalue weighted by molar-refractivity contribution is 0.387. The number of nitrogens with zero attached hydrogens (tertiary/aromatic N) is 2. The number of aryl methyl sites for hydroxylation is 1. The fourth-order valence-electron chi connectivity index (χ4n) is 1.30. The quantitative estimate of drug-likeness (QED) is 0.793. The third-order valence-electron chi connectivity index (χ3n) is 2.66. The SMILES string of the molecule is CCC(C)CS(=O)(=O)C(C)c1noc(C)n1. The summed E-state index contributed by atoms with van der Waals surface area (Å²) in [6.45, 7) is 7.14. The van der Waals surface area contributed by atoms with Crippen molar-refractivity contribution in [2.24, 2.45) is 5.92 Å². The molecule has 0 aliphatic heterocycles. The Labute approximate surface area is 96.2 Å². The van der Waals surface area contributed by atoms with E-state index in [0.717, 1.165) is 6.42 Å². The van der Waals surface area contributed by atoms with Crippen LogP contribution >= 0.6 is 0 Å². The normalized spacial score (nSPS) is 16.0. The highest BCUT2D eigenvalue weighted by Crippen LogP contribution is 2.22. The first-order valence-corrected chi connectivity index (χ1v) is 7.10. The predicted octanol–water partition coefficient (Wildman–Crippen LogP) is 1.90. The molecule has 0 aliphatic carbocycles. The lowest BCUT2D eigenvalue weighted by Crippen LogP contribution is -2.19. The molecule has 0 saturated heterocycles. The van der Waals surface area contributed by atoms with Crippen LogP contribution in [-0.4, -0.2) is 24.3 Å². The van der Waals surface area contributed by atoms with Gasteiger partial charge in [0.05, 0.1) is 5.75 Å².